The summed E-state index contributed by atoms with van der Waals surface area (Å²) >= 11 is 6.10. The molecule has 1 saturated carbocycles. The van der Waals surface area contributed by atoms with Crippen LogP contribution in [0.15, 0.2) is 11.1 Å². The zero-order chi connectivity index (χ0) is 13.8. The van der Waals surface area contributed by atoms with Crippen molar-refractivity contribution in [3.8, 4) is 0 Å². The Balaban J connectivity index is 2.32. The second-order valence-electron chi connectivity index (χ2n) is 5.00. The predicted octanol–water partition coefficient (Wildman–Crippen LogP) is 1.77. The maximum Gasteiger partial charge on any atom is 0.271 e. The summed E-state index contributed by atoms with van der Waals surface area (Å²) in [7, 11) is 0. The first kappa shape index (κ1) is 14.3. The molecule has 0 radical (unpaired) electrons. The summed E-state index contributed by atoms with van der Waals surface area (Å²) in [6.45, 7) is 3.50. The van der Waals surface area contributed by atoms with Crippen molar-refractivity contribution in [1.29, 1.82) is 0 Å². The van der Waals surface area contributed by atoms with Crippen molar-refractivity contribution in [2.24, 2.45) is 11.7 Å². The van der Waals surface area contributed by atoms with E-state index in [2.05, 4.69) is 21.8 Å². The van der Waals surface area contributed by atoms with Gasteiger partial charge in [0, 0.05) is 12.6 Å². The molecule has 1 fully saturated rings. The van der Waals surface area contributed by atoms with E-state index in [0.717, 1.165) is 19.4 Å². The van der Waals surface area contributed by atoms with Crippen LogP contribution in [0.4, 0.5) is 5.82 Å². The number of aromatic nitrogens is 2. The number of anilines is 1. The molecule has 2 atom stereocenters. The second kappa shape index (κ2) is 6.39. The first-order valence-corrected chi connectivity index (χ1v) is 7.26. The third kappa shape index (κ3) is 2.92. The van der Waals surface area contributed by atoms with Gasteiger partial charge >= 0.3 is 0 Å². The van der Waals surface area contributed by atoms with E-state index < -0.39 is 0 Å². The van der Waals surface area contributed by atoms with Gasteiger partial charge in [0.1, 0.15) is 5.02 Å². The fraction of sp³-hybridized carbons (Fsp3) is 0.692. The highest BCUT2D eigenvalue weighted by Crippen LogP contribution is 2.31. The van der Waals surface area contributed by atoms with Crippen LogP contribution in [0, 0.1) is 5.92 Å². The average Bonchev–Trinajstić information content (AvgIpc) is 2.45. The summed E-state index contributed by atoms with van der Waals surface area (Å²) in [6, 6.07) is 0.329. The molecule has 0 saturated heterocycles. The smallest absolute Gasteiger partial charge is 0.271 e. The Bertz CT molecular complexity index is 476. The van der Waals surface area contributed by atoms with Crippen LogP contribution in [0.3, 0.4) is 0 Å². The number of aromatic amines is 1. The van der Waals surface area contributed by atoms with Crippen LogP contribution in [0.1, 0.15) is 32.6 Å². The van der Waals surface area contributed by atoms with Crippen LogP contribution >= 0.6 is 11.6 Å². The third-order valence-corrected chi connectivity index (χ3v) is 4.30. The van der Waals surface area contributed by atoms with E-state index in [1.54, 1.807) is 0 Å². The summed E-state index contributed by atoms with van der Waals surface area (Å²) in [5.41, 5.74) is 5.60. The lowest BCUT2D eigenvalue weighted by atomic mass is 9.83. The van der Waals surface area contributed by atoms with Gasteiger partial charge in [-0.2, -0.15) is 0 Å². The summed E-state index contributed by atoms with van der Waals surface area (Å²) in [6.07, 6.45) is 6.05. The predicted molar refractivity (Wildman–Crippen MR) is 77.7 cm³/mol. The van der Waals surface area contributed by atoms with E-state index in [9.17, 15) is 4.79 Å². The Labute approximate surface area is 118 Å². The van der Waals surface area contributed by atoms with Gasteiger partial charge in [-0.25, -0.2) is 4.98 Å². The fourth-order valence-corrected chi connectivity index (χ4v) is 3.20. The van der Waals surface area contributed by atoms with Gasteiger partial charge in [-0.15, -0.1) is 0 Å². The van der Waals surface area contributed by atoms with Crippen LogP contribution in [-0.4, -0.2) is 29.1 Å². The van der Waals surface area contributed by atoms with Crippen molar-refractivity contribution >= 4 is 17.4 Å². The SMILES string of the molecule is CCN(c1nc[nH]c(=O)c1Cl)C1CCCCC1CN. The average molecular weight is 285 g/mol. The molecule has 0 bridgehead atoms. The minimum Gasteiger partial charge on any atom is -0.352 e. The molecule has 2 rings (SSSR count). The number of nitrogens with zero attached hydrogens (tertiary/aromatic N) is 2. The van der Waals surface area contributed by atoms with Crippen molar-refractivity contribution in [2.75, 3.05) is 18.0 Å². The second-order valence-corrected chi connectivity index (χ2v) is 5.38. The number of nitrogens with one attached hydrogen (secondary N) is 1. The van der Waals surface area contributed by atoms with E-state index in [4.69, 9.17) is 17.3 Å². The highest BCUT2D eigenvalue weighted by molar-refractivity contribution is 6.32. The van der Waals surface area contributed by atoms with Gasteiger partial charge in [-0.05, 0) is 32.2 Å². The van der Waals surface area contributed by atoms with Gasteiger partial charge in [0.05, 0.1) is 6.33 Å². The standard InChI is InChI=1S/C13H21ClN4O/c1-2-18(10-6-4-3-5-9(10)7-15)12-11(14)13(19)17-8-16-12/h8-10H,2-7,15H2,1H3,(H,16,17,19). The lowest BCUT2D eigenvalue weighted by Gasteiger charge is -2.40. The molecule has 1 aliphatic rings. The van der Waals surface area contributed by atoms with E-state index >= 15 is 0 Å². The van der Waals surface area contributed by atoms with Gasteiger partial charge in [0.2, 0.25) is 0 Å². The Kier molecular flexibility index (Phi) is 4.82. The van der Waals surface area contributed by atoms with Crippen molar-refractivity contribution in [3.05, 3.63) is 21.7 Å². The van der Waals surface area contributed by atoms with Crippen LogP contribution < -0.4 is 16.2 Å². The van der Waals surface area contributed by atoms with Crippen LogP contribution in [0.25, 0.3) is 0 Å². The molecular weight excluding hydrogens is 264 g/mol. The van der Waals surface area contributed by atoms with E-state index in [1.807, 2.05) is 0 Å². The van der Waals surface area contributed by atoms with Crippen LogP contribution in [0.2, 0.25) is 5.02 Å². The van der Waals surface area contributed by atoms with E-state index in [1.165, 1.54) is 19.2 Å². The van der Waals surface area contributed by atoms with Crippen LogP contribution in [-0.2, 0) is 0 Å². The molecular formula is C13H21ClN4O. The van der Waals surface area contributed by atoms with Crippen LogP contribution in [0.5, 0.6) is 0 Å². The number of rotatable bonds is 4. The zero-order valence-corrected chi connectivity index (χ0v) is 12.0. The molecule has 106 valence electrons. The van der Waals surface area contributed by atoms with E-state index in [0.29, 0.717) is 24.3 Å². The monoisotopic (exact) mass is 284 g/mol. The van der Waals surface area contributed by atoms with Gasteiger partial charge in [-0.3, -0.25) is 4.79 Å². The molecule has 5 nitrogen and oxygen atoms in total. The minimum absolute atomic E-state index is 0.172. The summed E-state index contributed by atoms with van der Waals surface area (Å²) in [4.78, 5) is 20.5. The van der Waals surface area contributed by atoms with Crippen molar-refractivity contribution < 1.29 is 0 Å². The number of H-pyrrole nitrogens is 1. The van der Waals surface area contributed by atoms with Gasteiger partial charge in [-0.1, -0.05) is 24.4 Å². The van der Waals surface area contributed by atoms with Gasteiger partial charge in [0.25, 0.3) is 5.56 Å². The number of hydrogen-bond acceptors (Lipinski definition) is 4. The highest BCUT2D eigenvalue weighted by Gasteiger charge is 2.30. The van der Waals surface area contributed by atoms with E-state index in [-0.39, 0.29) is 10.6 Å². The molecule has 0 spiro atoms. The number of nitrogens with two attached hydrogens (primary N) is 1. The quantitative estimate of drug-likeness (QED) is 0.883. The summed E-state index contributed by atoms with van der Waals surface area (Å²) < 4.78 is 0. The molecule has 3 N–H and O–H groups in total. The molecule has 0 amide bonds. The summed E-state index contributed by atoms with van der Waals surface area (Å²) in [5, 5.41) is 0.172. The Morgan fingerprint density at radius 1 is 1.53 bits per heavy atom. The molecule has 1 aliphatic carbocycles. The lowest BCUT2D eigenvalue weighted by molar-refractivity contribution is 0.299. The molecule has 6 heteroatoms. The first-order chi connectivity index (χ1) is 9.19. The Morgan fingerprint density at radius 3 is 2.95 bits per heavy atom. The first-order valence-electron chi connectivity index (χ1n) is 6.89. The Morgan fingerprint density at radius 2 is 2.26 bits per heavy atom. The molecule has 19 heavy (non-hydrogen) atoms. The number of halogens is 1. The van der Waals surface area contributed by atoms with Gasteiger partial charge in [0.15, 0.2) is 5.82 Å². The number of hydrogen-bond donors (Lipinski definition) is 2. The van der Waals surface area contributed by atoms with Crippen molar-refractivity contribution in [3.63, 3.8) is 0 Å². The normalized spacial score (nSPS) is 23.3. The largest absolute Gasteiger partial charge is 0.352 e. The maximum atomic E-state index is 11.6. The summed E-state index contributed by atoms with van der Waals surface area (Å²) in [5.74, 6) is 1.03. The molecule has 2 unspecified atom stereocenters. The molecule has 1 heterocycles. The maximum absolute atomic E-state index is 11.6. The highest BCUT2D eigenvalue weighted by atomic mass is 35.5. The van der Waals surface area contributed by atoms with Gasteiger partial charge < -0.3 is 15.6 Å². The fourth-order valence-electron chi connectivity index (χ4n) is 2.99. The zero-order valence-electron chi connectivity index (χ0n) is 11.2. The molecule has 1 aromatic rings. The molecule has 0 aromatic carbocycles. The minimum atomic E-state index is -0.287. The van der Waals surface area contributed by atoms with Crippen molar-refractivity contribution in [1.82, 2.24) is 9.97 Å². The molecule has 0 aliphatic heterocycles. The topological polar surface area (TPSA) is 75.0 Å². The Hall–Kier alpha value is -1.07. The van der Waals surface area contributed by atoms with Crippen molar-refractivity contribution in [2.45, 2.75) is 38.6 Å². The third-order valence-electron chi connectivity index (χ3n) is 3.96. The molecule has 1 aromatic heterocycles. The lowest BCUT2D eigenvalue weighted by Crippen LogP contribution is -2.46.